The molecule has 24 heavy (non-hydrogen) atoms. The van der Waals surface area contributed by atoms with Crippen LogP contribution in [0.3, 0.4) is 0 Å². The molecule has 0 fully saturated rings. The zero-order valence-corrected chi connectivity index (χ0v) is 13.8. The smallest absolute Gasteiger partial charge is 0.135 e. The van der Waals surface area contributed by atoms with Gasteiger partial charge in [0.15, 0.2) is 0 Å². The van der Waals surface area contributed by atoms with Crippen LogP contribution in [0.4, 0.5) is 5.82 Å². The quantitative estimate of drug-likeness (QED) is 0.640. The average molecular weight is 323 g/mol. The fourth-order valence-electron chi connectivity index (χ4n) is 2.70. The van der Waals surface area contributed by atoms with Crippen molar-refractivity contribution < 1.29 is 5.11 Å². The van der Waals surface area contributed by atoms with Gasteiger partial charge in [0, 0.05) is 17.3 Å². The van der Waals surface area contributed by atoms with Crippen molar-refractivity contribution in [2.45, 2.75) is 26.0 Å². The summed E-state index contributed by atoms with van der Waals surface area (Å²) in [4.78, 5) is 4.47. The molecule has 2 heterocycles. The number of fused-ring (bicyclic) bond motifs is 3. The van der Waals surface area contributed by atoms with Gasteiger partial charge >= 0.3 is 0 Å². The van der Waals surface area contributed by atoms with Crippen LogP contribution in [0.25, 0.3) is 27.5 Å². The van der Waals surface area contributed by atoms with Gasteiger partial charge in [0.25, 0.3) is 0 Å². The number of allylic oxidation sites excluding steroid dienone is 2. The number of hydrogen-bond donors (Lipinski definition) is 3. The maximum atomic E-state index is 9.99. The standard InChI is InChI=1S/C18H21N5O/c1-4-5-14(19)11-6-7-12-15(8-11)21-17(20)13-9-23(22-16(12)13)10-18(2,3)24/h4-9,24H,1,10,19H2,2-3H3,(H2,20,21)/b14-5-. The van der Waals surface area contributed by atoms with Crippen LogP contribution in [0, 0.1) is 0 Å². The summed E-state index contributed by atoms with van der Waals surface area (Å²) >= 11 is 0. The predicted octanol–water partition coefficient (Wildman–Crippen LogP) is 2.42. The number of nitrogen functional groups attached to an aromatic ring is 1. The second-order valence-corrected chi connectivity index (χ2v) is 6.49. The molecular formula is C18H21N5O. The maximum Gasteiger partial charge on any atom is 0.135 e. The van der Waals surface area contributed by atoms with Gasteiger partial charge in [-0.15, -0.1) is 0 Å². The van der Waals surface area contributed by atoms with Gasteiger partial charge in [-0.25, -0.2) is 4.98 Å². The van der Waals surface area contributed by atoms with E-state index in [4.69, 9.17) is 11.5 Å². The van der Waals surface area contributed by atoms with E-state index in [1.54, 1.807) is 30.7 Å². The molecule has 0 aliphatic rings. The SMILES string of the molecule is C=C/C=C(\N)c1ccc2c(c1)nc(N)c1cn(CC(C)(C)O)nc12. The Balaban J connectivity index is 2.19. The van der Waals surface area contributed by atoms with E-state index in [1.807, 2.05) is 24.4 Å². The Kier molecular flexibility index (Phi) is 3.77. The molecule has 0 amide bonds. The molecule has 1 aromatic carbocycles. The van der Waals surface area contributed by atoms with Crippen LogP contribution in [0.5, 0.6) is 0 Å². The van der Waals surface area contributed by atoms with Crippen molar-refractivity contribution in [2.75, 3.05) is 5.73 Å². The number of benzene rings is 1. The van der Waals surface area contributed by atoms with Crippen LogP contribution < -0.4 is 11.5 Å². The predicted molar refractivity (Wildman–Crippen MR) is 98.1 cm³/mol. The number of anilines is 1. The summed E-state index contributed by atoms with van der Waals surface area (Å²) in [5.41, 5.74) is 14.2. The number of aliphatic hydroxyl groups is 1. The minimum Gasteiger partial charge on any atom is -0.398 e. The van der Waals surface area contributed by atoms with Crippen molar-refractivity contribution in [1.29, 1.82) is 0 Å². The van der Waals surface area contributed by atoms with Crippen molar-refractivity contribution in [3.05, 3.63) is 48.7 Å². The highest BCUT2D eigenvalue weighted by molar-refractivity contribution is 6.07. The van der Waals surface area contributed by atoms with Crippen molar-refractivity contribution in [2.24, 2.45) is 5.73 Å². The lowest BCUT2D eigenvalue weighted by Gasteiger charge is -2.16. The second kappa shape index (κ2) is 5.65. The van der Waals surface area contributed by atoms with E-state index in [-0.39, 0.29) is 0 Å². The Morgan fingerprint density at radius 3 is 2.79 bits per heavy atom. The second-order valence-electron chi connectivity index (χ2n) is 6.49. The minimum absolute atomic E-state index is 0.371. The normalized spacial score (nSPS) is 12.9. The molecule has 0 spiro atoms. The molecule has 0 aliphatic carbocycles. The van der Waals surface area contributed by atoms with Crippen LogP contribution in [0.15, 0.2) is 43.1 Å². The van der Waals surface area contributed by atoms with Gasteiger partial charge in [0.05, 0.1) is 23.0 Å². The average Bonchev–Trinajstić information content (AvgIpc) is 2.89. The Bertz CT molecular complexity index is 963. The number of pyridine rings is 1. The van der Waals surface area contributed by atoms with Crippen LogP contribution in [0.1, 0.15) is 19.4 Å². The molecule has 5 N–H and O–H groups in total. The maximum absolute atomic E-state index is 9.99. The number of nitrogens with two attached hydrogens (primary N) is 2. The summed E-state index contributed by atoms with van der Waals surface area (Å²) in [7, 11) is 0. The van der Waals surface area contributed by atoms with Gasteiger partial charge in [-0.3, -0.25) is 4.68 Å². The summed E-state index contributed by atoms with van der Waals surface area (Å²) < 4.78 is 1.70. The van der Waals surface area contributed by atoms with Crippen molar-refractivity contribution in [1.82, 2.24) is 14.8 Å². The molecule has 0 atom stereocenters. The summed E-state index contributed by atoms with van der Waals surface area (Å²) in [6.45, 7) is 7.49. The van der Waals surface area contributed by atoms with Crippen LogP contribution in [-0.4, -0.2) is 25.5 Å². The molecule has 0 bridgehead atoms. The molecule has 0 saturated carbocycles. The van der Waals surface area contributed by atoms with Crippen LogP contribution >= 0.6 is 0 Å². The largest absolute Gasteiger partial charge is 0.398 e. The Morgan fingerprint density at radius 2 is 2.12 bits per heavy atom. The van der Waals surface area contributed by atoms with Crippen molar-refractivity contribution in [3.8, 4) is 0 Å². The zero-order valence-electron chi connectivity index (χ0n) is 13.8. The first kappa shape index (κ1) is 16.0. The van der Waals surface area contributed by atoms with Gasteiger partial charge in [-0.1, -0.05) is 18.7 Å². The Hall–Kier alpha value is -2.86. The third kappa shape index (κ3) is 2.96. The topological polar surface area (TPSA) is 103 Å². The van der Waals surface area contributed by atoms with Gasteiger partial charge < -0.3 is 16.6 Å². The summed E-state index contributed by atoms with van der Waals surface area (Å²) in [6.07, 6.45) is 5.19. The van der Waals surface area contributed by atoms with Gasteiger partial charge in [0.2, 0.25) is 0 Å². The molecule has 2 aromatic heterocycles. The van der Waals surface area contributed by atoms with Crippen LogP contribution in [-0.2, 0) is 6.54 Å². The molecule has 124 valence electrons. The molecule has 0 radical (unpaired) electrons. The van der Waals surface area contributed by atoms with Crippen molar-refractivity contribution in [3.63, 3.8) is 0 Å². The fraction of sp³-hybridized carbons (Fsp3) is 0.222. The first-order chi connectivity index (χ1) is 11.3. The van der Waals surface area contributed by atoms with Crippen LogP contribution in [0.2, 0.25) is 0 Å². The molecule has 0 saturated heterocycles. The minimum atomic E-state index is -0.864. The Morgan fingerprint density at radius 1 is 1.38 bits per heavy atom. The lowest BCUT2D eigenvalue weighted by molar-refractivity contribution is 0.0580. The van der Waals surface area contributed by atoms with Gasteiger partial charge in [-0.2, -0.15) is 5.10 Å². The van der Waals surface area contributed by atoms with Gasteiger partial charge in [0.1, 0.15) is 11.3 Å². The molecule has 0 aliphatic heterocycles. The lowest BCUT2D eigenvalue weighted by atomic mass is 10.1. The molecule has 0 unspecified atom stereocenters. The number of hydrogen-bond acceptors (Lipinski definition) is 5. The first-order valence-electron chi connectivity index (χ1n) is 7.66. The summed E-state index contributed by atoms with van der Waals surface area (Å²) in [5, 5.41) is 16.2. The molecule has 6 nitrogen and oxygen atoms in total. The summed E-state index contributed by atoms with van der Waals surface area (Å²) in [5.74, 6) is 0.405. The van der Waals surface area contributed by atoms with E-state index in [0.29, 0.717) is 18.1 Å². The monoisotopic (exact) mass is 323 g/mol. The zero-order chi connectivity index (χ0) is 17.5. The highest BCUT2D eigenvalue weighted by atomic mass is 16.3. The van der Waals surface area contributed by atoms with Gasteiger partial charge in [-0.05, 0) is 37.6 Å². The van der Waals surface area contributed by atoms with E-state index in [9.17, 15) is 5.11 Å². The molecule has 3 aromatic rings. The van der Waals surface area contributed by atoms with E-state index in [2.05, 4.69) is 16.7 Å². The number of rotatable bonds is 4. The fourth-order valence-corrected chi connectivity index (χ4v) is 2.70. The molecular weight excluding hydrogens is 302 g/mol. The van der Waals surface area contributed by atoms with E-state index in [1.165, 1.54) is 0 Å². The van der Waals surface area contributed by atoms with Crippen molar-refractivity contribution >= 4 is 33.3 Å². The molecule has 6 heteroatoms. The number of nitrogens with zero attached hydrogens (tertiary/aromatic N) is 3. The highest BCUT2D eigenvalue weighted by Crippen LogP contribution is 2.28. The third-order valence-corrected chi connectivity index (χ3v) is 3.71. The van der Waals surface area contributed by atoms with E-state index < -0.39 is 5.60 Å². The highest BCUT2D eigenvalue weighted by Gasteiger charge is 2.17. The van der Waals surface area contributed by atoms with E-state index >= 15 is 0 Å². The first-order valence-corrected chi connectivity index (χ1v) is 7.66. The van der Waals surface area contributed by atoms with E-state index in [0.717, 1.165) is 27.4 Å². The third-order valence-electron chi connectivity index (χ3n) is 3.71. The Labute approximate surface area is 140 Å². The summed E-state index contributed by atoms with van der Waals surface area (Å²) in [6, 6.07) is 5.74. The lowest BCUT2D eigenvalue weighted by Crippen LogP contribution is -2.26. The number of aromatic nitrogens is 3. The molecule has 3 rings (SSSR count).